The van der Waals surface area contributed by atoms with Gasteiger partial charge in [-0.05, 0) is 25.0 Å². The molecule has 1 heterocycles. The number of hydrogen-bond acceptors (Lipinski definition) is 4. The fraction of sp³-hybridized carbons (Fsp3) is 0.550. The lowest BCUT2D eigenvalue weighted by atomic mass is 10.0. The zero-order valence-corrected chi connectivity index (χ0v) is 16.4. The predicted molar refractivity (Wildman–Crippen MR) is 103 cm³/mol. The summed E-state index contributed by atoms with van der Waals surface area (Å²) in [5, 5.41) is 5.25. The summed E-state index contributed by atoms with van der Waals surface area (Å²) in [6, 6.07) is 5.48. The van der Waals surface area contributed by atoms with E-state index in [0.29, 0.717) is 11.4 Å². The number of benzene rings is 1. The van der Waals surface area contributed by atoms with Gasteiger partial charge in [0.2, 0.25) is 5.91 Å². The number of ether oxygens (including phenoxy) is 1. The largest absolute Gasteiger partial charge is 0.497 e. The lowest BCUT2D eigenvalue weighted by Crippen LogP contribution is -2.35. The molecule has 2 rings (SSSR count). The van der Waals surface area contributed by atoms with Gasteiger partial charge in [0.15, 0.2) is 5.78 Å². The molecule has 0 aliphatic heterocycles. The van der Waals surface area contributed by atoms with E-state index in [1.54, 1.807) is 11.8 Å². The highest BCUT2D eigenvalue weighted by atomic mass is 16.5. The van der Waals surface area contributed by atoms with Crippen molar-refractivity contribution in [3.63, 3.8) is 0 Å². The number of ketones is 1. The molecule has 6 heteroatoms. The Hall–Kier alpha value is -2.37. The molecule has 26 heavy (non-hydrogen) atoms. The first kappa shape index (κ1) is 19.9. The first-order chi connectivity index (χ1) is 12.4. The molecule has 0 fully saturated rings. The predicted octanol–water partition coefficient (Wildman–Crippen LogP) is 3.53. The van der Waals surface area contributed by atoms with Crippen molar-refractivity contribution < 1.29 is 14.3 Å². The second-order valence-corrected chi connectivity index (χ2v) is 6.79. The minimum Gasteiger partial charge on any atom is -0.497 e. The van der Waals surface area contributed by atoms with Crippen LogP contribution in [0.2, 0.25) is 0 Å². The second-order valence-electron chi connectivity index (χ2n) is 6.79. The summed E-state index contributed by atoms with van der Waals surface area (Å²) in [4.78, 5) is 27.2. The molecule has 0 bridgehead atoms. The van der Waals surface area contributed by atoms with Gasteiger partial charge in [0.05, 0.1) is 12.6 Å². The Balaban J connectivity index is 2.45. The molecule has 1 aromatic carbocycles. The molecule has 0 aliphatic rings. The number of methoxy groups -OCH3 is 1. The van der Waals surface area contributed by atoms with E-state index >= 15 is 0 Å². The molecule has 0 aliphatic carbocycles. The highest BCUT2D eigenvalue weighted by Crippen LogP contribution is 2.25. The number of rotatable bonds is 9. The smallest absolute Gasteiger partial charge is 0.244 e. The molecule has 0 saturated carbocycles. The third-order valence-corrected chi connectivity index (χ3v) is 4.34. The second kappa shape index (κ2) is 8.83. The van der Waals surface area contributed by atoms with Crippen molar-refractivity contribution in [3.8, 4) is 5.75 Å². The number of hydrogen-bond donors (Lipinski definition) is 0. The van der Waals surface area contributed by atoms with E-state index in [1.165, 1.54) is 0 Å². The Morgan fingerprint density at radius 2 is 1.85 bits per heavy atom. The summed E-state index contributed by atoms with van der Waals surface area (Å²) in [6.07, 6.45) is 1.83. The maximum absolute atomic E-state index is 12.8. The number of nitrogens with zero attached hydrogens (tertiary/aromatic N) is 3. The van der Waals surface area contributed by atoms with E-state index in [0.717, 1.165) is 36.8 Å². The van der Waals surface area contributed by atoms with Gasteiger partial charge in [-0.1, -0.05) is 27.7 Å². The first-order valence-corrected chi connectivity index (χ1v) is 9.29. The van der Waals surface area contributed by atoms with Crippen molar-refractivity contribution in [2.24, 2.45) is 5.92 Å². The lowest BCUT2D eigenvalue weighted by Gasteiger charge is -2.21. The molecule has 1 aromatic heterocycles. The van der Waals surface area contributed by atoms with E-state index in [2.05, 4.69) is 18.9 Å². The minimum absolute atomic E-state index is 0.0180. The van der Waals surface area contributed by atoms with Crippen LogP contribution in [0.25, 0.3) is 10.9 Å². The zero-order chi connectivity index (χ0) is 19.3. The third-order valence-electron chi connectivity index (χ3n) is 4.34. The van der Waals surface area contributed by atoms with Gasteiger partial charge in [-0.2, -0.15) is 5.10 Å². The van der Waals surface area contributed by atoms with Crippen LogP contribution in [0.5, 0.6) is 5.75 Å². The fourth-order valence-corrected chi connectivity index (χ4v) is 2.99. The fourth-order valence-electron chi connectivity index (χ4n) is 2.99. The average Bonchev–Trinajstić information content (AvgIpc) is 2.98. The average molecular weight is 359 g/mol. The van der Waals surface area contributed by atoms with Crippen LogP contribution in [-0.2, 0) is 11.3 Å². The summed E-state index contributed by atoms with van der Waals surface area (Å²) >= 11 is 0. The Morgan fingerprint density at radius 1 is 1.19 bits per heavy atom. The Labute approximate surface area is 155 Å². The van der Waals surface area contributed by atoms with Gasteiger partial charge in [-0.25, -0.2) is 0 Å². The molecule has 0 N–H and O–H groups in total. The minimum atomic E-state index is -0.156. The highest BCUT2D eigenvalue weighted by molar-refractivity contribution is 6.07. The lowest BCUT2D eigenvalue weighted by molar-refractivity contribution is -0.132. The van der Waals surface area contributed by atoms with Crippen LogP contribution >= 0.6 is 0 Å². The summed E-state index contributed by atoms with van der Waals surface area (Å²) in [5.41, 5.74) is 1.16. The summed E-state index contributed by atoms with van der Waals surface area (Å²) in [7, 11) is 1.59. The van der Waals surface area contributed by atoms with Crippen LogP contribution in [0, 0.1) is 5.92 Å². The van der Waals surface area contributed by atoms with E-state index in [4.69, 9.17) is 4.74 Å². The van der Waals surface area contributed by atoms with Crippen molar-refractivity contribution in [3.05, 3.63) is 23.9 Å². The topological polar surface area (TPSA) is 64.4 Å². The Morgan fingerprint density at radius 3 is 2.38 bits per heavy atom. The molecule has 6 nitrogen and oxygen atoms in total. The standard InChI is InChI=1S/C20H29N3O3/c1-6-10-22(11-7-2)18(24)13-23-17-12-15(26-5)8-9-16(17)19(21-23)20(25)14(3)4/h8-9,12,14H,6-7,10-11,13H2,1-5H3. The van der Waals surface area contributed by atoms with Crippen LogP contribution in [0.4, 0.5) is 0 Å². The molecule has 1 amide bonds. The van der Waals surface area contributed by atoms with E-state index in [9.17, 15) is 9.59 Å². The van der Waals surface area contributed by atoms with Gasteiger partial charge in [0, 0.05) is 30.5 Å². The molecular formula is C20H29N3O3. The van der Waals surface area contributed by atoms with Gasteiger partial charge in [0.25, 0.3) is 0 Å². The van der Waals surface area contributed by atoms with E-state index < -0.39 is 0 Å². The van der Waals surface area contributed by atoms with E-state index in [-0.39, 0.29) is 24.2 Å². The molecular weight excluding hydrogens is 330 g/mol. The number of fused-ring (bicyclic) bond motifs is 1. The van der Waals surface area contributed by atoms with Gasteiger partial charge < -0.3 is 9.64 Å². The normalized spacial score (nSPS) is 11.2. The zero-order valence-electron chi connectivity index (χ0n) is 16.4. The SMILES string of the molecule is CCCN(CCC)C(=O)Cn1nc(C(=O)C(C)C)c2ccc(OC)cc21. The van der Waals surface area contributed by atoms with E-state index in [1.807, 2.05) is 36.9 Å². The molecule has 0 unspecified atom stereocenters. The van der Waals surface area contributed by atoms with Crippen LogP contribution in [0.3, 0.4) is 0 Å². The van der Waals surface area contributed by atoms with Gasteiger partial charge in [0.1, 0.15) is 18.0 Å². The molecule has 0 spiro atoms. The quantitative estimate of drug-likeness (QED) is 0.643. The maximum Gasteiger partial charge on any atom is 0.244 e. The maximum atomic E-state index is 12.8. The number of aromatic nitrogens is 2. The summed E-state index contributed by atoms with van der Waals surface area (Å²) < 4.78 is 6.94. The van der Waals surface area contributed by atoms with Crippen LogP contribution in [0.1, 0.15) is 51.0 Å². The van der Waals surface area contributed by atoms with Gasteiger partial charge >= 0.3 is 0 Å². The van der Waals surface area contributed by atoms with Crippen LogP contribution < -0.4 is 4.74 Å². The molecule has 0 saturated heterocycles. The van der Waals surface area contributed by atoms with Gasteiger partial charge in [-0.3, -0.25) is 14.3 Å². The molecule has 142 valence electrons. The van der Waals surface area contributed by atoms with Crippen molar-refractivity contribution in [2.45, 2.75) is 47.1 Å². The summed E-state index contributed by atoms with van der Waals surface area (Å²) in [5.74, 6) is 0.513. The highest BCUT2D eigenvalue weighted by Gasteiger charge is 2.22. The number of carbonyl (C=O) groups excluding carboxylic acids is 2. The van der Waals surface area contributed by atoms with Crippen molar-refractivity contribution in [1.82, 2.24) is 14.7 Å². The molecule has 0 radical (unpaired) electrons. The van der Waals surface area contributed by atoms with Crippen molar-refractivity contribution in [1.29, 1.82) is 0 Å². The third kappa shape index (κ3) is 4.23. The van der Waals surface area contributed by atoms with Crippen molar-refractivity contribution in [2.75, 3.05) is 20.2 Å². The molecule has 2 aromatic rings. The Kier molecular flexibility index (Phi) is 6.77. The summed E-state index contributed by atoms with van der Waals surface area (Å²) in [6.45, 7) is 9.40. The first-order valence-electron chi connectivity index (χ1n) is 9.29. The van der Waals surface area contributed by atoms with Crippen molar-refractivity contribution >= 4 is 22.6 Å². The number of carbonyl (C=O) groups is 2. The molecule has 0 atom stereocenters. The number of Topliss-reactive ketones (excluding diaryl/α,β-unsaturated/α-hetero) is 1. The van der Waals surface area contributed by atoms with Crippen LogP contribution in [0.15, 0.2) is 18.2 Å². The van der Waals surface area contributed by atoms with Crippen LogP contribution in [-0.4, -0.2) is 46.6 Å². The Bertz CT molecular complexity index is 774. The van der Waals surface area contributed by atoms with Gasteiger partial charge in [-0.15, -0.1) is 0 Å². The monoisotopic (exact) mass is 359 g/mol. The number of amides is 1.